The molecule has 3 amide bonds. The molecule has 0 aromatic heterocycles. The number of amides is 3. The van der Waals surface area contributed by atoms with Crippen molar-refractivity contribution < 1.29 is 14.3 Å². The van der Waals surface area contributed by atoms with Crippen molar-refractivity contribution in [2.45, 2.75) is 32.9 Å². The van der Waals surface area contributed by atoms with Crippen LogP contribution in [0.1, 0.15) is 31.1 Å². The van der Waals surface area contributed by atoms with Crippen LogP contribution in [0.25, 0.3) is 0 Å². The molecule has 25 heavy (non-hydrogen) atoms. The summed E-state index contributed by atoms with van der Waals surface area (Å²) in [6, 6.07) is 4.90. The molecule has 0 spiro atoms. The van der Waals surface area contributed by atoms with Crippen molar-refractivity contribution in [3.05, 3.63) is 23.8 Å². The van der Waals surface area contributed by atoms with Gasteiger partial charge in [0.05, 0.1) is 11.3 Å². The topological polar surface area (TPSA) is 82.7 Å². The molecule has 1 aromatic rings. The quantitative estimate of drug-likeness (QED) is 0.776. The second-order valence-corrected chi connectivity index (χ2v) is 6.81. The lowest BCUT2D eigenvalue weighted by Gasteiger charge is -2.33. The van der Waals surface area contributed by atoms with Crippen molar-refractivity contribution in [3.63, 3.8) is 0 Å². The van der Waals surface area contributed by atoms with Gasteiger partial charge in [0, 0.05) is 32.1 Å². The maximum absolute atomic E-state index is 12.7. The summed E-state index contributed by atoms with van der Waals surface area (Å²) in [6.07, 6.45) is -0.115. The van der Waals surface area contributed by atoms with E-state index >= 15 is 0 Å². The Labute approximate surface area is 149 Å². The number of para-hydroxylation sites is 1. The third-order valence-electron chi connectivity index (χ3n) is 4.13. The number of rotatable bonds is 4. The molecule has 0 saturated carbocycles. The Morgan fingerprint density at radius 3 is 2.76 bits per heavy atom. The minimum absolute atomic E-state index is 0.0104. The number of nitrogens with one attached hydrogen (secondary N) is 3. The first-order valence-electron chi connectivity index (χ1n) is 8.60. The maximum Gasteiger partial charge on any atom is 0.319 e. The number of likely N-dealkylation sites (N-methyl/N-ethyl adjacent to an activating group) is 1. The summed E-state index contributed by atoms with van der Waals surface area (Å²) in [5.41, 5.74) is 0.949. The summed E-state index contributed by atoms with van der Waals surface area (Å²) < 4.78 is 6.19. The third kappa shape index (κ3) is 4.63. The van der Waals surface area contributed by atoms with Gasteiger partial charge in [-0.1, -0.05) is 13.0 Å². The minimum Gasteiger partial charge on any atom is -0.486 e. The van der Waals surface area contributed by atoms with Crippen molar-refractivity contribution in [1.29, 1.82) is 0 Å². The molecule has 3 N–H and O–H groups in total. The lowest BCUT2D eigenvalue weighted by atomic mass is 10.0. The fraction of sp³-hybridized carbons (Fsp3) is 0.556. The van der Waals surface area contributed by atoms with Gasteiger partial charge in [0.25, 0.3) is 5.91 Å². The lowest BCUT2D eigenvalue weighted by Crippen LogP contribution is -2.44. The summed E-state index contributed by atoms with van der Waals surface area (Å²) >= 11 is 0. The van der Waals surface area contributed by atoms with Gasteiger partial charge in [-0.15, -0.1) is 0 Å². The molecule has 0 fully saturated rings. The van der Waals surface area contributed by atoms with Gasteiger partial charge < -0.3 is 25.6 Å². The summed E-state index contributed by atoms with van der Waals surface area (Å²) in [4.78, 5) is 26.5. The molecular formula is C18H28N4O3. The van der Waals surface area contributed by atoms with Gasteiger partial charge in [-0.2, -0.15) is 0 Å². The number of ether oxygens (including phenoxy) is 1. The molecule has 0 saturated heterocycles. The van der Waals surface area contributed by atoms with Crippen LogP contribution in [0.5, 0.6) is 5.75 Å². The Balaban J connectivity index is 2.40. The fourth-order valence-corrected chi connectivity index (χ4v) is 2.90. The van der Waals surface area contributed by atoms with Crippen LogP contribution in [0.15, 0.2) is 18.2 Å². The van der Waals surface area contributed by atoms with Crippen LogP contribution in [-0.4, -0.2) is 56.2 Å². The first-order chi connectivity index (χ1) is 11.8. The number of hydrogen-bond donors (Lipinski definition) is 3. The molecule has 0 unspecified atom stereocenters. The number of anilines is 1. The van der Waals surface area contributed by atoms with Crippen LogP contribution >= 0.6 is 0 Å². The van der Waals surface area contributed by atoms with Crippen LogP contribution in [-0.2, 0) is 0 Å². The van der Waals surface area contributed by atoms with E-state index in [1.54, 1.807) is 30.1 Å². The summed E-state index contributed by atoms with van der Waals surface area (Å²) in [5, 5.41) is 8.71. The van der Waals surface area contributed by atoms with Crippen molar-refractivity contribution in [2.75, 3.05) is 32.5 Å². The van der Waals surface area contributed by atoms with Gasteiger partial charge in [-0.05, 0) is 33.0 Å². The van der Waals surface area contributed by atoms with Crippen molar-refractivity contribution >= 4 is 17.6 Å². The monoisotopic (exact) mass is 348 g/mol. The zero-order valence-corrected chi connectivity index (χ0v) is 15.6. The van der Waals surface area contributed by atoms with Crippen LogP contribution in [0.3, 0.4) is 0 Å². The van der Waals surface area contributed by atoms with E-state index in [9.17, 15) is 9.59 Å². The van der Waals surface area contributed by atoms with Gasteiger partial charge in [0.2, 0.25) is 0 Å². The molecule has 7 nitrogen and oxygen atoms in total. The summed E-state index contributed by atoms with van der Waals surface area (Å²) in [5.74, 6) is 0.454. The first kappa shape index (κ1) is 19.1. The predicted octanol–water partition coefficient (Wildman–Crippen LogP) is 1.90. The minimum atomic E-state index is -0.326. The molecule has 0 bridgehead atoms. The summed E-state index contributed by atoms with van der Waals surface area (Å²) in [6.45, 7) is 7.08. The molecule has 1 aromatic carbocycles. The number of carbonyl (C=O) groups excluding carboxylic acids is 2. The Morgan fingerprint density at radius 2 is 2.12 bits per heavy atom. The van der Waals surface area contributed by atoms with Crippen molar-refractivity contribution in [2.24, 2.45) is 5.92 Å². The standard InChI is InChI=1S/C18H28N4O3/c1-11(2)20-18(24)21-14-8-6-7-13-16(14)25-15(9-19-4)12(3)10-22(5)17(13)23/h6-8,11-12,15,19H,9-10H2,1-5H3,(H2,20,21,24)/t12-,15+/m1/s1. The second kappa shape index (κ2) is 8.20. The Kier molecular flexibility index (Phi) is 6.25. The van der Waals surface area contributed by atoms with E-state index < -0.39 is 0 Å². The molecule has 0 aliphatic carbocycles. The Morgan fingerprint density at radius 1 is 1.40 bits per heavy atom. The second-order valence-electron chi connectivity index (χ2n) is 6.81. The molecule has 0 radical (unpaired) electrons. The zero-order valence-electron chi connectivity index (χ0n) is 15.6. The summed E-state index contributed by atoms with van der Waals surface area (Å²) in [7, 11) is 3.65. The van der Waals surface area contributed by atoms with E-state index in [2.05, 4.69) is 22.9 Å². The Hall–Kier alpha value is -2.28. The number of urea groups is 1. The highest BCUT2D eigenvalue weighted by molar-refractivity contribution is 6.01. The van der Waals surface area contributed by atoms with Crippen LogP contribution in [0.2, 0.25) is 0 Å². The van der Waals surface area contributed by atoms with E-state index in [0.29, 0.717) is 30.1 Å². The smallest absolute Gasteiger partial charge is 0.319 e. The zero-order chi connectivity index (χ0) is 18.6. The molecule has 2 rings (SSSR count). The van der Waals surface area contributed by atoms with Gasteiger partial charge in [-0.3, -0.25) is 4.79 Å². The predicted molar refractivity (Wildman–Crippen MR) is 98.2 cm³/mol. The molecule has 1 aliphatic heterocycles. The Bertz CT molecular complexity index is 633. The van der Waals surface area contributed by atoms with E-state index in [1.165, 1.54) is 0 Å². The number of nitrogens with zero attached hydrogens (tertiary/aromatic N) is 1. The van der Waals surface area contributed by atoms with Gasteiger partial charge in [-0.25, -0.2) is 4.79 Å². The SMILES string of the molecule is CNC[C@@H]1Oc2c(NC(=O)NC(C)C)cccc2C(=O)N(C)C[C@H]1C. The highest BCUT2D eigenvalue weighted by atomic mass is 16.5. The van der Waals surface area contributed by atoms with Crippen molar-refractivity contribution in [1.82, 2.24) is 15.5 Å². The fourth-order valence-electron chi connectivity index (χ4n) is 2.90. The number of carbonyl (C=O) groups is 2. The normalized spacial score (nSPS) is 20.4. The molecule has 1 heterocycles. The van der Waals surface area contributed by atoms with Crippen LogP contribution in [0, 0.1) is 5.92 Å². The highest BCUT2D eigenvalue weighted by Crippen LogP contribution is 2.33. The molecule has 138 valence electrons. The van der Waals surface area contributed by atoms with Crippen LogP contribution < -0.4 is 20.7 Å². The van der Waals surface area contributed by atoms with Crippen LogP contribution in [0.4, 0.5) is 10.5 Å². The van der Waals surface area contributed by atoms with E-state index in [1.807, 2.05) is 20.9 Å². The maximum atomic E-state index is 12.7. The van der Waals surface area contributed by atoms with E-state index in [0.717, 1.165) is 0 Å². The number of hydrogen-bond acceptors (Lipinski definition) is 4. The lowest BCUT2D eigenvalue weighted by molar-refractivity contribution is 0.0639. The highest BCUT2D eigenvalue weighted by Gasteiger charge is 2.30. The molecule has 1 aliphatic rings. The van der Waals surface area contributed by atoms with Gasteiger partial charge in [0.1, 0.15) is 6.10 Å². The van der Waals surface area contributed by atoms with E-state index in [-0.39, 0.29) is 30.0 Å². The van der Waals surface area contributed by atoms with Gasteiger partial charge in [0.15, 0.2) is 5.75 Å². The van der Waals surface area contributed by atoms with Crippen molar-refractivity contribution in [3.8, 4) is 5.75 Å². The molecule has 2 atom stereocenters. The average molecular weight is 348 g/mol. The van der Waals surface area contributed by atoms with E-state index in [4.69, 9.17) is 4.74 Å². The average Bonchev–Trinajstić information content (AvgIpc) is 2.53. The number of benzene rings is 1. The largest absolute Gasteiger partial charge is 0.486 e. The molecule has 7 heteroatoms. The number of fused-ring (bicyclic) bond motifs is 1. The molecular weight excluding hydrogens is 320 g/mol. The van der Waals surface area contributed by atoms with Gasteiger partial charge >= 0.3 is 6.03 Å². The third-order valence-corrected chi connectivity index (χ3v) is 4.13. The first-order valence-corrected chi connectivity index (χ1v) is 8.60.